The van der Waals surface area contributed by atoms with E-state index in [2.05, 4.69) is 0 Å². The van der Waals surface area contributed by atoms with Gasteiger partial charge in [-0.3, -0.25) is 0 Å². The summed E-state index contributed by atoms with van der Waals surface area (Å²) in [5.74, 6) is -0.674. The van der Waals surface area contributed by atoms with Gasteiger partial charge in [0.25, 0.3) is 0 Å². The van der Waals surface area contributed by atoms with E-state index in [0.29, 0.717) is 5.69 Å². The van der Waals surface area contributed by atoms with Gasteiger partial charge in [0.1, 0.15) is 23.2 Å². The predicted octanol–water partition coefficient (Wildman–Crippen LogP) is 1.15. The van der Waals surface area contributed by atoms with Crippen molar-refractivity contribution in [2.45, 2.75) is 24.7 Å². The smallest absolute Gasteiger partial charge is 0.248 e. The molecule has 6 heteroatoms. The molecule has 0 unspecified atom stereocenters. The second-order valence-electron chi connectivity index (χ2n) is 5.11. The molecule has 1 aromatic heterocycles. The molecule has 0 aliphatic carbocycles. The molecule has 0 aliphatic heterocycles. The van der Waals surface area contributed by atoms with Crippen molar-refractivity contribution < 1.29 is 18.1 Å². The molecule has 5 nitrogen and oxygen atoms in total. The van der Waals surface area contributed by atoms with Gasteiger partial charge in [0.2, 0.25) is 16.2 Å². The standard InChI is InChI=1S/C14H19N2O3S/c1-11(2)12-4-5-13(16-7-6-15(3)9-16)14(8-12)20(18,19)10-17/h4-9,11,17H,10H2,1-3H3/q+1. The van der Waals surface area contributed by atoms with E-state index >= 15 is 0 Å². The predicted molar refractivity (Wildman–Crippen MR) is 75.3 cm³/mol. The fraction of sp³-hybridized carbons (Fsp3) is 0.357. The first-order chi connectivity index (χ1) is 9.35. The Morgan fingerprint density at radius 1 is 1.35 bits per heavy atom. The maximum atomic E-state index is 12.1. The Balaban J connectivity index is 2.68. The summed E-state index contributed by atoms with van der Waals surface area (Å²) in [5.41, 5.74) is 1.47. The van der Waals surface area contributed by atoms with Crippen molar-refractivity contribution in [1.29, 1.82) is 0 Å². The fourth-order valence-electron chi connectivity index (χ4n) is 2.01. The van der Waals surface area contributed by atoms with Gasteiger partial charge in [-0.05, 0) is 23.6 Å². The lowest BCUT2D eigenvalue weighted by Gasteiger charge is -2.10. The van der Waals surface area contributed by atoms with E-state index in [4.69, 9.17) is 5.11 Å². The number of nitrogens with zero attached hydrogens (tertiary/aromatic N) is 2. The molecule has 0 saturated heterocycles. The summed E-state index contributed by atoms with van der Waals surface area (Å²) in [6.07, 6.45) is 5.38. The van der Waals surface area contributed by atoms with Crippen LogP contribution < -0.4 is 4.57 Å². The van der Waals surface area contributed by atoms with Crippen LogP contribution in [0.4, 0.5) is 0 Å². The average Bonchev–Trinajstić information content (AvgIpc) is 2.84. The van der Waals surface area contributed by atoms with Gasteiger partial charge >= 0.3 is 0 Å². The van der Waals surface area contributed by atoms with Gasteiger partial charge in [-0.15, -0.1) is 0 Å². The molecule has 2 rings (SSSR count). The van der Waals surface area contributed by atoms with Gasteiger partial charge in [0.05, 0.1) is 7.05 Å². The van der Waals surface area contributed by atoms with Gasteiger partial charge in [-0.1, -0.05) is 19.9 Å². The number of sulfone groups is 1. The first kappa shape index (κ1) is 14.7. The molecule has 1 N–H and O–H groups in total. The fourth-order valence-corrected chi connectivity index (χ4v) is 2.96. The maximum Gasteiger partial charge on any atom is 0.248 e. The van der Waals surface area contributed by atoms with Crippen molar-refractivity contribution in [1.82, 2.24) is 4.57 Å². The van der Waals surface area contributed by atoms with Crippen LogP contribution in [0.1, 0.15) is 25.3 Å². The Morgan fingerprint density at radius 2 is 2.05 bits per heavy atom. The highest BCUT2D eigenvalue weighted by Crippen LogP contribution is 2.25. The number of imidazole rings is 1. The zero-order chi connectivity index (χ0) is 14.9. The van der Waals surface area contributed by atoms with Crippen LogP contribution in [0.2, 0.25) is 0 Å². The highest BCUT2D eigenvalue weighted by molar-refractivity contribution is 7.91. The van der Waals surface area contributed by atoms with E-state index < -0.39 is 15.8 Å². The van der Waals surface area contributed by atoms with Crippen LogP contribution in [-0.4, -0.2) is 24.0 Å². The third kappa shape index (κ3) is 2.76. The van der Waals surface area contributed by atoms with Crippen LogP contribution in [0, 0.1) is 0 Å². The number of aliphatic hydroxyl groups is 1. The molecule has 0 bridgehead atoms. The van der Waals surface area contributed by atoms with Crippen LogP contribution in [0.15, 0.2) is 41.8 Å². The molecular formula is C14H19N2O3S+. The first-order valence-electron chi connectivity index (χ1n) is 6.36. The third-order valence-electron chi connectivity index (χ3n) is 3.20. The van der Waals surface area contributed by atoms with Gasteiger partial charge in [0, 0.05) is 0 Å². The highest BCUT2D eigenvalue weighted by atomic mass is 32.2. The van der Waals surface area contributed by atoms with E-state index in [-0.39, 0.29) is 10.8 Å². The summed E-state index contributed by atoms with van der Waals surface area (Å²) in [5, 5.41) is 9.15. The second kappa shape index (κ2) is 5.38. The van der Waals surface area contributed by atoms with Crippen LogP contribution >= 0.6 is 0 Å². The van der Waals surface area contributed by atoms with Crippen molar-refractivity contribution in [3.63, 3.8) is 0 Å². The monoisotopic (exact) mass is 295 g/mol. The van der Waals surface area contributed by atoms with E-state index in [0.717, 1.165) is 5.56 Å². The number of hydrogen-bond donors (Lipinski definition) is 1. The van der Waals surface area contributed by atoms with E-state index in [9.17, 15) is 8.42 Å². The summed E-state index contributed by atoms with van der Waals surface area (Å²) in [6.45, 7) is 4.00. The van der Waals surface area contributed by atoms with Crippen molar-refractivity contribution >= 4 is 9.84 Å². The van der Waals surface area contributed by atoms with Gasteiger partial charge in [0.15, 0.2) is 5.69 Å². The minimum Gasteiger partial charge on any atom is -0.380 e. The average molecular weight is 295 g/mol. The molecule has 0 radical (unpaired) electrons. The van der Waals surface area contributed by atoms with Gasteiger partial charge < -0.3 is 5.11 Å². The van der Waals surface area contributed by atoms with Gasteiger partial charge in [-0.2, -0.15) is 0 Å². The van der Waals surface area contributed by atoms with Crippen molar-refractivity contribution in [2.75, 3.05) is 5.94 Å². The number of aromatic nitrogens is 2. The number of rotatable bonds is 4. The van der Waals surface area contributed by atoms with Gasteiger partial charge in [-0.25, -0.2) is 17.6 Å². The largest absolute Gasteiger partial charge is 0.380 e. The molecule has 2 aromatic rings. The second-order valence-corrected chi connectivity index (χ2v) is 7.04. The molecule has 0 amide bonds. The molecule has 0 spiro atoms. The molecule has 0 saturated carbocycles. The maximum absolute atomic E-state index is 12.1. The molecule has 0 aliphatic rings. The molecule has 20 heavy (non-hydrogen) atoms. The van der Waals surface area contributed by atoms with Crippen LogP contribution in [0.5, 0.6) is 0 Å². The van der Waals surface area contributed by atoms with E-state index in [1.54, 1.807) is 29.2 Å². The number of aliphatic hydroxyl groups excluding tert-OH is 1. The number of hydrogen-bond acceptors (Lipinski definition) is 3. The Bertz CT molecular complexity index is 718. The Labute approximate surface area is 119 Å². The molecule has 1 heterocycles. The first-order valence-corrected chi connectivity index (χ1v) is 8.01. The zero-order valence-corrected chi connectivity index (χ0v) is 12.6. The lowest BCUT2D eigenvalue weighted by molar-refractivity contribution is -0.670. The number of aryl methyl sites for hydroxylation is 1. The molecular weight excluding hydrogens is 276 g/mol. The minimum atomic E-state index is -3.70. The zero-order valence-electron chi connectivity index (χ0n) is 11.8. The molecule has 1 aromatic carbocycles. The quantitative estimate of drug-likeness (QED) is 0.861. The summed E-state index contributed by atoms with van der Waals surface area (Å²) in [6, 6.07) is 5.33. The van der Waals surface area contributed by atoms with Crippen molar-refractivity contribution in [3.8, 4) is 5.69 Å². The summed E-state index contributed by atoms with van der Waals surface area (Å²) < 4.78 is 27.8. The Kier molecular flexibility index (Phi) is 3.96. The topological polar surface area (TPSA) is 63.2 Å². The van der Waals surface area contributed by atoms with Crippen LogP contribution in [0.3, 0.4) is 0 Å². The SMILES string of the molecule is CC(C)c1ccc(-n2cc[n+](C)c2)c(S(=O)(=O)CO)c1. The normalized spacial score (nSPS) is 12.1. The molecule has 0 fully saturated rings. The minimum absolute atomic E-state index is 0.155. The third-order valence-corrected chi connectivity index (χ3v) is 4.54. The van der Waals surface area contributed by atoms with Crippen LogP contribution in [-0.2, 0) is 16.9 Å². The highest BCUT2D eigenvalue weighted by Gasteiger charge is 2.23. The summed E-state index contributed by atoms with van der Waals surface area (Å²) >= 11 is 0. The summed E-state index contributed by atoms with van der Waals surface area (Å²) in [7, 11) is -1.84. The molecule has 0 atom stereocenters. The lowest BCUT2D eigenvalue weighted by Crippen LogP contribution is -2.23. The van der Waals surface area contributed by atoms with Crippen LogP contribution in [0.25, 0.3) is 5.69 Å². The van der Waals surface area contributed by atoms with Crippen molar-refractivity contribution in [2.24, 2.45) is 7.05 Å². The number of benzene rings is 1. The van der Waals surface area contributed by atoms with Crippen molar-refractivity contribution in [3.05, 3.63) is 42.5 Å². The molecule has 108 valence electrons. The Morgan fingerprint density at radius 3 is 2.55 bits per heavy atom. The summed E-state index contributed by atoms with van der Waals surface area (Å²) in [4.78, 5) is 0.155. The lowest BCUT2D eigenvalue weighted by atomic mass is 10.0. The van der Waals surface area contributed by atoms with E-state index in [1.165, 1.54) is 0 Å². The Hall–Kier alpha value is -1.66. The van der Waals surface area contributed by atoms with E-state index in [1.807, 2.05) is 37.7 Å².